The van der Waals surface area contributed by atoms with E-state index in [9.17, 15) is 8.42 Å². The normalized spacial score (nSPS) is 16.3. The van der Waals surface area contributed by atoms with Gasteiger partial charge < -0.3 is 8.94 Å². The van der Waals surface area contributed by atoms with E-state index < -0.39 is 10.0 Å². The van der Waals surface area contributed by atoms with E-state index in [1.165, 1.54) is 10.6 Å². The van der Waals surface area contributed by atoms with E-state index in [0.29, 0.717) is 35.5 Å². The first kappa shape index (κ1) is 14.2. The fourth-order valence-corrected chi connectivity index (χ4v) is 3.99. The van der Waals surface area contributed by atoms with Crippen molar-refractivity contribution in [2.24, 2.45) is 0 Å². The number of hydrogen-bond acceptors (Lipinski definition) is 6. The molecule has 2 aromatic heterocycles. The molecular weight excluding hydrogens is 318 g/mol. The molecule has 0 aliphatic carbocycles. The van der Waals surface area contributed by atoms with E-state index in [-0.39, 0.29) is 5.92 Å². The SMILES string of the molecule is O=S(=O)(c1ccccc1)N1CC(c2nc(-c3ccco3)no2)C1. The van der Waals surface area contributed by atoms with E-state index in [1.807, 2.05) is 0 Å². The van der Waals surface area contributed by atoms with Crippen LogP contribution >= 0.6 is 0 Å². The monoisotopic (exact) mass is 331 g/mol. The third kappa shape index (κ3) is 2.45. The summed E-state index contributed by atoms with van der Waals surface area (Å²) in [5.41, 5.74) is 0. The zero-order valence-corrected chi connectivity index (χ0v) is 12.8. The van der Waals surface area contributed by atoms with Crippen molar-refractivity contribution < 1.29 is 17.4 Å². The fourth-order valence-electron chi connectivity index (χ4n) is 2.44. The van der Waals surface area contributed by atoms with Crippen molar-refractivity contribution in [3.63, 3.8) is 0 Å². The van der Waals surface area contributed by atoms with Crippen LogP contribution in [0.5, 0.6) is 0 Å². The van der Waals surface area contributed by atoms with Gasteiger partial charge in [0.15, 0.2) is 5.76 Å². The van der Waals surface area contributed by atoms with Crippen LogP contribution in [0.25, 0.3) is 11.6 Å². The number of benzene rings is 1. The highest BCUT2D eigenvalue weighted by Gasteiger charge is 2.40. The van der Waals surface area contributed by atoms with Gasteiger partial charge in [0.2, 0.25) is 21.7 Å². The number of sulfonamides is 1. The highest BCUT2D eigenvalue weighted by Crippen LogP contribution is 2.32. The molecule has 1 aromatic carbocycles. The van der Waals surface area contributed by atoms with E-state index >= 15 is 0 Å². The molecule has 0 saturated carbocycles. The third-order valence-corrected chi connectivity index (χ3v) is 5.61. The molecule has 4 rings (SSSR count). The second kappa shape index (κ2) is 5.32. The topological polar surface area (TPSA) is 89.4 Å². The van der Waals surface area contributed by atoms with E-state index in [2.05, 4.69) is 10.1 Å². The minimum Gasteiger partial charge on any atom is -0.461 e. The molecule has 0 atom stereocenters. The summed E-state index contributed by atoms with van der Waals surface area (Å²) < 4.78 is 36.7. The molecule has 118 valence electrons. The highest BCUT2D eigenvalue weighted by atomic mass is 32.2. The zero-order chi connectivity index (χ0) is 15.9. The average Bonchev–Trinajstić information content (AvgIpc) is 3.17. The Morgan fingerprint density at radius 3 is 2.57 bits per heavy atom. The first-order chi connectivity index (χ1) is 11.1. The van der Waals surface area contributed by atoms with Crippen molar-refractivity contribution >= 4 is 10.0 Å². The van der Waals surface area contributed by atoms with Gasteiger partial charge in [-0.05, 0) is 24.3 Å². The molecule has 1 aliphatic heterocycles. The molecule has 1 aliphatic rings. The molecule has 0 bridgehead atoms. The predicted octanol–water partition coefficient (Wildman–Crippen LogP) is 2.12. The molecule has 0 N–H and O–H groups in total. The Labute approximate surface area is 132 Å². The largest absolute Gasteiger partial charge is 0.461 e. The molecule has 0 unspecified atom stereocenters. The summed E-state index contributed by atoms with van der Waals surface area (Å²) in [7, 11) is -3.45. The van der Waals surface area contributed by atoms with Gasteiger partial charge >= 0.3 is 0 Å². The predicted molar refractivity (Wildman–Crippen MR) is 79.9 cm³/mol. The third-order valence-electron chi connectivity index (χ3n) is 3.76. The minimum absolute atomic E-state index is 0.0929. The van der Waals surface area contributed by atoms with Crippen LogP contribution in [0.3, 0.4) is 0 Å². The first-order valence-corrected chi connectivity index (χ1v) is 8.51. The summed E-state index contributed by atoms with van der Waals surface area (Å²) in [5, 5.41) is 3.86. The molecule has 0 spiro atoms. The van der Waals surface area contributed by atoms with Gasteiger partial charge in [0.05, 0.1) is 17.1 Å². The molecule has 3 aromatic rings. The second-order valence-electron chi connectivity index (χ2n) is 5.27. The van der Waals surface area contributed by atoms with Gasteiger partial charge in [0, 0.05) is 13.1 Å². The Morgan fingerprint density at radius 1 is 1.09 bits per heavy atom. The van der Waals surface area contributed by atoms with Crippen molar-refractivity contribution in [1.82, 2.24) is 14.4 Å². The lowest BCUT2D eigenvalue weighted by Crippen LogP contribution is -2.48. The molecule has 0 radical (unpaired) electrons. The quantitative estimate of drug-likeness (QED) is 0.727. The van der Waals surface area contributed by atoms with Crippen molar-refractivity contribution in [1.29, 1.82) is 0 Å². The van der Waals surface area contributed by atoms with Gasteiger partial charge in [-0.15, -0.1) is 0 Å². The maximum Gasteiger partial charge on any atom is 0.243 e. The molecule has 3 heterocycles. The van der Waals surface area contributed by atoms with Gasteiger partial charge in [-0.1, -0.05) is 23.4 Å². The second-order valence-corrected chi connectivity index (χ2v) is 7.20. The maximum atomic E-state index is 12.4. The summed E-state index contributed by atoms with van der Waals surface area (Å²) in [6.45, 7) is 0.661. The lowest BCUT2D eigenvalue weighted by molar-refractivity contribution is 0.217. The van der Waals surface area contributed by atoms with E-state index in [1.54, 1.807) is 42.5 Å². The van der Waals surface area contributed by atoms with Gasteiger partial charge in [-0.3, -0.25) is 0 Å². The fraction of sp³-hybridized carbons (Fsp3) is 0.200. The molecule has 1 saturated heterocycles. The number of nitrogens with zero attached hydrogens (tertiary/aromatic N) is 3. The summed E-state index contributed by atoms with van der Waals surface area (Å²) in [5.74, 6) is 1.23. The van der Waals surface area contributed by atoms with Crippen LogP contribution in [0, 0.1) is 0 Å². The Balaban J connectivity index is 1.48. The lowest BCUT2D eigenvalue weighted by atomic mass is 10.0. The lowest BCUT2D eigenvalue weighted by Gasteiger charge is -2.35. The summed E-state index contributed by atoms with van der Waals surface area (Å²) in [6, 6.07) is 11.8. The standard InChI is InChI=1S/C15H13N3O4S/c19-23(20,12-5-2-1-3-6-12)18-9-11(10-18)15-16-14(17-22-15)13-7-4-8-21-13/h1-8,11H,9-10H2. The van der Waals surface area contributed by atoms with E-state index in [4.69, 9.17) is 8.94 Å². The van der Waals surface area contributed by atoms with Crippen LogP contribution in [0.4, 0.5) is 0 Å². The average molecular weight is 331 g/mol. The number of hydrogen-bond donors (Lipinski definition) is 0. The Morgan fingerprint density at radius 2 is 1.87 bits per heavy atom. The van der Waals surface area contributed by atoms with Crippen LogP contribution in [0.2, 0.25) is 0 Å². The number of rotatable bonds is 4. The van der Waals surface area contributed by atoms with Gasteiger partial charge in [-0.2, -0.15) is 9.29 Å². The molecule has 7 nitrogen and oxygen atoms in total. The van der Waals surface area contributed by atoms with Crippen LogP contribution in [-0.2, 0) is 10.0 Å². The minimum atomic E-state index is -3.45. The molecule has 0 amide bonds. The number of furan rings is 1. The van der Waals surface area contributed by atoms with Gasteiger partial charge in [0.1, 0.15) is 0 Å². The Kier molecular flexibility index (Phi) is 3.28. The van der Waals surface area contributed by atoms with Gasteiger partial charge in [0.25, 0.3) is 0 Å². The first-order valence-electron chi connectivity index (χ1n) is 7.07. The maximum absolute atomic E-state index is 12.4. The summed E-state index contributed by atoms with van der Waals surface area (Å²) in [4.78, 5) is 4.56. The molecule has 23 heavy (non-hydrogen) atoms. The van der Waals surface area contributed by atoms with Crippen LogP contribution in [0.15, 0.2) is 62.6 Å². The van der Waals surface area contributed by atoms with Crippen molar-refractivity contribution in [3.05, 3.63) is 54.6 Å². The summed E-state index contributed by atoms with van der Waals surface area (Å²) in [6.07, 6.45) is 1.53. The van der Waals surface area contributed by atoms with Crippen LogP contribution in [-0.4, -0.2) is 36.0 Å². The molecular formula is C15H13N3O4S. The van der Waals surface area contributed by atoms with Crippen LogP contribution < -0.4 is 0 Å². The van der Waals surface area contributed by atoms with Crippen LogP contribution in [0.1, 0.15) is 11.8 Å². The number of aromatic nitrogens is 2. The summed E-state index contributed by atoms with van der Waals surface area (Å²) >= 11 is 0. The highest BCUT2D eigenvalue weighted by molar-refractivity contribution is 7.89. The van der Waals surface area contributed by atoms with Crippen molar-refractivity contribution in [3.8, 4) is 11.6 Å². The Bertz CT molecular complexity index is 897. The molecule has 1 fully saturated rings. The van der Waals surface area contributed by atoms with E-state index in [0.717, 1.165) is 0 Å². The smallest absolute Gasteiger partial charge is 0.243 e. The molecule has 8 heteroatoms. The van der Waals surface area contributed by atoms with Gasteiger partial charge in [-0.25, -0.2) is 8.42 Å². The zero-order valence-electron chi connectivity index (χ0n) is 12.0. The van der Waals surface area contributed by atoms with Crippen molar-refractivity contribution in [2.75, 3.05) is 13.1 Å². The Hall–Kier alpha value is -2.45. The van der Waals surface area contributed by atoms with Crippen molar-refractivity contribution in [2.45, 2.75) is 10.8 Å².